The van der Waals surface area contributed by atoms with Gasteiger partial charge in [-0.15, -0.1) is 5.10 Å². The third kappa shape index (κ3) is 2.66. The van der Waals surface area contributed by atoms with Crippen LogP contribution in [0, 0.1) is 6.92 Å². The number of para-hydroxylation sites is 1. The van der Waals surface area contributed by atoms with Crippen molar-refractivity contribution in [1.82, 2.24) is 19.9 Å². The molecule has 2 heterocycles. The van der Waals surface area contributed by atoms with Gasteiger partial charge in [-0.2, -0.15) is 0 Å². The van der Waals surface area contributed by atoms with Gasteiger partial charge in [0, 0.05) is 6.54 Å². The highest BCUT2D eigenvalue weighted by Gasteiger charge is 2.30. The zero-order valence-corrected chi connectivity index (χ0v) is 13.7. The van der Waals surface area contributed by atoms with Crippen LogP contribution in [0.3, 0.4) is 0 Å². The summed E-state index contributed by atoms with van der Waals surface area (Å²) < 4.78 is 1.70. The molecule has 0 N–H and O–H groups in total. The minimum absolute atomic E-state index is 0.105. The molecular weight excluding hydrogens is 300 g/mol. The topological polar surface area (TPSA) is 51.0 Å². The predicted octanol–water partition coefficient (Wildman–Crippen LogP) is 3.10. The molecule has 1 atom stereocenters. The number of rotatable bonds is 3. The zero-order chi connectivity index (χ0) is 16.5. The molecule has 1 aliphatic rings. The van der Waals surface area contributed by atoms with Gasteiger partial charge in [0.2, 0.25) is 5.91 Å². The second-order valence-electron chi connectivity index (χ2n) is 6.39. The van der Waals surface area contributed by atoms with Gasteiger partial charge in [-0.25, -0.2) is 4.68 Å². The minimum Gasteiger partial charge on any atom is -0.334 e. The van der Waals surface area contributed by atoms with E-state index >= 15 is 0 Å². The molecule has 1 saturated heterocycles. The molecule has 0 spiro atoms. The summed E-state index contributed by atoms with van der Waals surface area (Å²) in [6.45, 7) is 3.13. The van der Waals surface area contributed by atoms with E-state index < -0.39 is 0 Å². The number of carbonyl (C=O) groups excluding carboxylic acids is 1. The van der Waals surface area contributed by atoms with Gasteiger partial charge < -0.3 is 4.90 Å². The van der Waals surface area contributed by atoms with Crippen molar-refractivity contribution in [2.24, 2.45) is 0 Å². The number of likely N-dealkylation sites (tertiary alicyclic amines) is 1. The van der Waals surface area contributed by atoms with Crippen LogP contribution in [0.1, 0.15) is 30.0 Å². The summed E-state index contributed by atoms with van der Waals surface area (Å²) in [7, 11) is 0. The second-order valence-corrected chi connectivity index (χ2v) is 6.39. The van der Waals surface area contributed by atoms with E-state index in [1.54, 1.807) is 4.68 Å². The average molecular weight is 320 g/mol. The van der Waals surface area contributed by atoms with E-state index in [1.165, 1.54) is 11.1 Å². The number of hydrogen-bond acceptors (Lipinski definition) is 3. The lowest BCUT2D eigenvalue weighted by molar-refractivity contribution is -0.132. The van der Waals surface area contributed by atoms with E-state index in [0.717, 1.165) is 30.4 Å². The van der Waals surface area contributed by atoms with Gasteiger partial charge in [0.05, 0.1) is 11.6 Å². The molecule has 3 aromatic rings. The highest BCUT2D eigenvalue weighted by atomic mass is 16.2. The molecule has 1 amide bonds. The molecule has 122 valence electrons. The Bertz CT molecular complexity index is 868. The Hall–Kier alpha value is -2.69. The number of benzene rings is 2. The van der Waals surface area contributed by atoms with E-state index in [-0.39, 0.29) is 18.5 Å². The number of aromatic nitrogens is 3. The van der Waals surface area contributed by atoms with Crippen molar-refractivity contribution in [3.63, 3.8) is 0 Å². The monoisotopic (exact) mass is 320 g/mol. The first-order valence-corrected chi connectivity index (χ1v) is 8.36. The van der Waals surface area contributed by atoms with Crippen LogP contribution in [0.4, 0.5) is 0 Å². The summed E-state index contributed by atoms with van der Waals surface area (Å²) in [5.74, 6) is 0.105. The first kappa shape index (κ1) is 14.9. The number of hydrogen-bond donors (Lipinski definition) is 0. The highest BCUT2D eigenvalue weighted by molar-refractivity contribution is 5.80. The fraction of sp³-hybridized carbons (Fsp3) is 0.316. The van der Waals surface area contributed by atoms with Crippen molar-refractivity contribution >= 4 is 16.9 Å². The Morgan fingerprint density at radius 3 is 2.79 bits per heavy atom. The van der Waals surface area contributed by atoms with Gasteiger partial charge in [0.25, 0.3) is 0 Å². The van der Waals surface area contributed by atoms with Crippen LogP contribution in [0.15, 0.2) is 48.5 Å². The molecule has 0 radical (unpaired) electrons. The molecule has 24 heavy (non-hydrogen) atoms. The third-order valence-electron chi connectivity index (χ3n) is 4.74. The van der Waals surface area contributed by atoms with Crippen LogP contribution in [0.5, 0.6) is 0 Å². The number of carbonyl (C=O) groups is 1. The first-order chi connectivity index (χ1) is 11.7. The molecule has 1 aliphatic heterocycles. The lowest BCUT2D eigenvalue weighted by Crippen LogP contribution is -2.33. The summed E-state index contributed by atoms with van der Waals surface area (Å²) in [6.07, 6.45) is 2.06. The van der Waals surface area contributed by atoms with Gasteiger partial charge in [-0.05, 0) is 37.5 Å². The highest BCUT2D eigenvalue weighted by Crippen LogP contribution is 2.32. The molecule has 1 aromatic heterocycles. The molecule has 4 rings (SSSR count). The normalized spacial score (nSPS) is 17.5. The summed E-state index contributed by atoms with van der Waals surface area (Å²) in [5.41, 5.74) is 4.18. The zero-order valence-electron chi connectivity index (χ0n) is 13.7. The van der Waals surface area contributed by atoms with Gasteiger partial charge in [-0.1, -0.05) is 47.2 Å². The van der Waals surface area contributed by atoms with Crippen molar-refractivity contribution < 1.29 is 4.79 Å². The molecule has 1 fully saturated rings. The molecule has 1 unspecified atom stereocenters. The summed E-state index contributed by atoms with van der Waals surface area (Å²) in [5, 5.41) is 8.26. The second kappa shape index (κ2) is 6.07. The molecule has 5 heteroatoms. The maximum atomic E-state index is 12.8. The maximum Gasteiger partial charge on any atom is 0.244 e. The molecular formula is C19H20N4O. The van der Waals surface area contributed by atoms with Crippen LogP contribution in [-0.2, 0) is 11.3 Å². The smallest absolute Gasteiger partial charge is 0.244 e. The predicted molar refractivity (Wildman–Crippen MR) is 92.4 cm³/mol. The van der Waals surface area contributed by atoms with Crippen molar-refractivity contribution in [3.05, 3.63) is 59.7 Å². The average Bonchev–Trinajstić information content (AvgIpc) is 3.23. The molecule has 5 nitrogen and oxygen atoms in total. The lowest BCUT2D eigenvalue weighted by atomic mass is 10.0. The Kier molecular flexibility index (Phi) is 3.76. The lowest BCUT2D eigenvalue weighted by Gasteiger charge is -2.25. The van der Waals surface area contributed by atoms with Crippen LogP contribution >= 0.6 is 0 Å². The molecule has 0 bridgehead atoms. The van der Waals surface area contributed by atoms with Gasteiger partial charge in [0.15, 0.2) is 0 Å². The van der Waals surface area contributed by atoms with Crippen LogP contribution < -0.4 is 0 Å². The van der Waals surface area contributed by atoms with E-state index in [0.29, 0.717) is 0 Å². The van der Waals surface area contributed by atoms with Crippen LogP contribution in [0.25, 0.3) is 11.0 Å². The first-order valence-electron chi connectivity index (χ1n) is 8.36. The molecule has 2 aromatic carbocycles. The van der Waals surface area contributed by atoms with Crippen molar-refractivity contribution in [3.8, 4) is 0 Å². The SMILES string of the molecule is Cc1ccc(C2CCCN2C(=O)Cn2nnc3ccccc32)cc1. The van der Waals surface area contributed by atoms with E-state index in [2.05, 4.69) is 41.5 Å². The molecule has 0 aliphatic carbocycles. The fourth-order valence-electron chi connectivity index (χ4n) is 3.45. The maximum absolute atomic E-state index is 12.8. The summed E-state index contributed by atoms with van der Waals surface area (Å²) in [6, 6.07) is 16.4. The quantitative estimate of drug-likeness (QED) is 0.745. The van der Waals surface area contributed by atoms with Crippen molar-refractivity contribution in [2.45, 2.75) is 32.4 Å². The Morgan fingerprint density at radius 2 is 1.96 bits per heavy atom. The minimum atomic E-state index is 0.105. The van der Waals surface area contributed by atoms with E-state index in [4.69, 9.17) is 0 Å². The third-order valence-corrected chi connectivity index (χ3v) is 4.74. The summed E-state index contributed by atoms with van der Waals surface area (Å²) in [4.78, 5) is 14.8. The number of fused-ring (bicyclic) bond motifs is 1. The Balaban J connectivity index is 1.56. The van der Waals surface area contributed by atoms with Gasteiger partial charge >= 0.3 is 0 Å². The van der Waals surface area contributed by atoms with E-state index in [9.17, 15) is 4.79 Å². The largest absolute Gasteiger partial charge is 0.334 e. The Morgan fingerprint density at radius 1 is 1.17 bits per heavy atom. The van der Waals surface area contributed by atoms with Gasteiger partial charge in [-0.3, -0.25) is 4.79 Å². The van der Waals surface area contributed by atoms with Gasteiger partial charge in [0.1, 0.15) is 12.1 Å². The fourth-order valence-corrected chi connectivity index (χ4v) is 3.45. The number of aryl methyl sites for hydroxylation is 1. The molecule has 0 saturated carbocycles. The van der Waals surface area contributed by atoms with Crippen molar-refractivity contribution in [1.29, 1.82) is 0 Å². The van der Waals surface area contributed by atoms with Crippen LogP contribution in [-0.4, -0.2) is 32.3 Å². The number of nitrogens with zero attached hydrogens (tertiary/aromatic N) is 4. The summed E-state index contributed by atoms with van der Waals surface area (Å²) >= 11 is 0. The van der Waals surface area contributed by atoms with Crippen molar-refractivity contribution in [2.75, 3.05) is 6.54 Å². The number of amides is 1. The Labute approximate surface area is 140 Å². The van der Waals surface area contributed by atoms with Crippen LogP contribution in [0.2, 0.25) is 0 Å². The van der Waals surface area contributed by atoms with E-state index in [1.807, 2.05) is 29.2 Å². The standard InChI is InChI=1S/C19H20N4O/c1-14-8-10-15(11-9-14)17-7-4-12-22(17)19(24)13-23-18-6-3-2-5-16(18)20-21-23/h2-3,5-6,8-11,17H,4,7,12-13H2,1H3.